The molecule has 0 radical (unpaired) electrons. The molecule has 22 heavy (non-hydrogen) atoms. The Morgan fingerprint density at radius 3 is 2.09 bits per heavy atom. The molecule has 0 amide bonds. The maximum Gasteiger partial charge on any atom is 0.311 e. The zero-order chi connectivity index (χ0) is 16.8. The summed E-state index contributed by atoms with van der Waals surface area (Å²) in [5.74, 6) is -8.31. The third-order valence-corrected chi connectivity index (χ3v) is 4.15. The fourth-order valence-corrected chi connectivity index (χ4v) is 2.47. The molecule has 1 aliphatic rings. The number of hydrogen-bond donors (Lipinski definition) is 0. The Kier molecular flexibility index (Phi) is 3.90. The van der Waals surface area contributed by atoms with E-state index in [0.717, 1.165) is 6.92 Å². The highest BCUT2D eigenvalue weighted by Crippen LogP contribution is 2.58. The molecular weight excluding hydrogens is 302 g/mol. The Morgan fingerprint density at radius 1 is 1.18 bits per heavy atom. The van der Waals surface area contributed by atoms with Crippen molar-refractivity contribution < 1.29 is 27.1 Å². The number of rotatable bonds is 3. The molecule has 7 heteroatoms. The van der Waals surface area contributed by atoms with Crippen LogP contribution < -0.4 is 0 Å². The van der Waals surface area contributed by atoms with Crippen molar-refractivity contribution in [1.82, 2.24) is 0 Å². The molecule has 3 nitrogen and oxygen atoms in total. The van der Waals surface area contributed by atoms with Gasteiger partial charge in [-0.2, -0.15) is 5.26 Å². The van der Waals surface area contributed by atoms with Gasteiger partial charge in [-0.1, -0.05) is 13.8 Å². The first kappa shape index (κ1) is 16.3. The van der Waals surface area contributed by atoms with E-state index in [4.69, 9.17) is 10.00 Å². The van der Waals surface area contributed by atoms with Gasteiger partial charge in [-0.25, -0.2) is 17.6 Å². The van der Waals surface area contributed by atoms with E-state index in [9.17, 15) is 22.4 Å². The number of nitriles is 1. The van der Waals surface area contributed by atoms with E-state index in [1.165, 1.54) is 0 Å². The van der Waals surface area contributed by atoms with Gasteiger partial charge in [0.05, 0.1) is 23.5 Å². The molecule has 2 atom stereocenters. The fourth-order valence-electron chi connectivity index (χ4n) is 2.47. The van der Waals surface area contributed by atoms with Crippen LogP contribution in [0.2, 0.25) is 0 Å². The van der Waals surface area contributed by atoms with Crippen LogP contribution in [0, 0.1) is 58.8 Å². The molecule has 1 aliphatic carbocycles. The zero-order valence-electron chi connectivity index (χ0n) is 12.1. The lowest BCUT2D eigenvalue weighted by Gasteiger charge is -2.10. The summed E-state index contributed by atoms with van der Waals surface area (Å²) in [5.41, 5.74) is -2.36. The molecule has 0 spiro atoms. The number of carbonyl (C=O) groups excluding carboxylic acids is 1. The summed E-state index contributed by atoms with van der Waals surface area (Å²) in [6.07, 6.45) is 0. The van der Waals surface area contributed by atoms with Crippen molar-refractivity contribution in [2.75, 3.05) is 0 Å². The fraction of sp³-hybridized carbons (Fsp3) is 0.467. The standard InChI is InChI=1S/C15H13F4NO2/c1-6-10(16)12(18)7(13(19)11(6)17)5-22-14(21)9-8(4-20)15(9,2)3/h8-9H,5H2,1-3H3/t8-,9-/m1/s1. The highest BCUT2D eigenvalue weighted by atomic mass is 19.2. The molecule has 1 aromatic carbocycles. The zero-order valence-corrected chi connectivity index (χ0v) is 12.1. The summed E-state index contributed by atoms with van der Waals surface area (Å²) < 4.78 is 58.8. The van der Waals surface area contributed by atoms with Crippen molar-refractivity contribution in [3.05, 3.63) is 34.4 Å². The van der Waals surface area contributed by atoms with Gasteiger partial charge < -0.3 is 4.74 Å². The highest BCUT2D eigenvalue weighted by Gasteiger charge is 2.63. The average Bonchev–Trinajstić information content (AvgIpc) is 3.04. The molecule has 1 aromatic rings. The van der Waals surface area contributed by atoms with E-state index in [2.05, 4.69) is 0 Å². The molecule has 0 aliphatic heterocycles. The summed E-state index contributed by atoms with van der Waals surface area (Å²) in [7, 11) is 0. The van der Waals surface area contributed by atoms with Gasteiger partial charge in [0.25, 0.3) is 0 Å². The molecule has 118 valence electrons. The second-order valence-corrected chi connectivity index (χ2v) is 5.87. The molecule has 2 rings (SSSR count). The number of esters is 1. The molecule has 1 fully saturated rings. The predicted octanol–water partition coefficient (Wildman–Crippen LogP) is 3.39. The SMILES string of the molecule is Cc1c(F)c(F)c(COC(=O)[C@H]2[C@@H](C#N)C2(C)C)c(F)c1F. The van der Waals surface area contributed by atoms with E-state index >= 15 is 0 Å². The molecule has 0 N–H and O–H groups in total. The minimum Gasteiger partial charge on any atom is -0.460 e. The van der Waals surface area contributed by atoms with Gasteiger partial charge in [0.1, 0.15) is 6.61 Å². The van der Waals surface area contributed by atoms with Crippen LogP contribution >= 0.6 is 0 Å². The second-order valence-electron chi connectivity index (χ2n) is 5.87. The van der Waals surface area contributed by atoms with Crippen LogP contribution in [0.1, 0.15) is 25.0 Å². The lowest BCUT2D eigenvalue weighted by molar-refractivity contribution is -0.147. The number of halogens is 4. The van der Waals surface area contributed by atoms with Crippen LogP contribution in [0.25, 0.3) is 0 Å². The normalized spacial score (nSPS) is 22.1. The van der Waals surface area contributed by atoms with Gasteiger partial charge in [0, 0.05) is 5.56 Å². The Bertz CT molecular complexity index is 665. The number of hydrogen-bond acceptors (Lipinski definition) is 3. The van der Waals surface area contributed by atoms with E-state index in [0.29, 0.717) is 0 Å². The van der Waals surface area contributed by atoms with Gasteiger partial charge in [-0.05, 0) is 12.3 Å². The Hall–Kier alpha value is -2.10. The van der Waals surface area contributed by atoms with Crippen LogP contribution in [0.4, 0.5) is 17.6 Å². The van der Waals surface area contributed by atoms with Crippen molar-refractivity contribution in [1.29, 1.82) is 5.26 Å². The van der Waals surface area contributed by atoms with Gasteiger partial charge in [-0.15, -0.1) is 0 Å². The summed E-state index contributed by atoms with van der Waals surface area (Å²) in [4.78, 5) is 11.8. The minimum absolute atomic E-state index is 0.554. The third kappa shape index (κ3) is 2.32. The lowest BCUT2D eigenvalue weighted by atomic mass is 10.1. The van der Waals surface area contributed by atoms with Gasteiger partial charge >= 0.3 is 5.97 Å². The third-order valence-electron chi connectivity index (χ3n) is 4.15. The summed E-state index contributed by atoms with van der Waals surface area (Å²) in [6, 6.07) is 1.94. The van der Waals surface area contributed by atoms with E-state index in [1.54, 1.807) is 13.8 Å². The number of ether oxygens (including phenoxy) is 1. The van der Waals surface area contributed by atoms with Crippen molar-refractivity contribution >= 4 is 5.97 Å². The Morgan fingerprint density at radius 2 is 1.68 bits per heavy atom. The van der Waals surface area contributed by atoms with Crippen LogP contribution in [0.5, 0.6) is 0 Å². The quantitative estimate of drug-likeness (QED) is 0.488. The summed E-state index contributed by atoms with van der Waals surface area (Å²) in [6.45, 7) is 3.32. The molecule has 0 heterocycles. The number of nitrogens with zero attached hydrogens (tertiary/aromatic N) is 1. The van der Waals surface area contributed by atoms with Gasteiger partial charge in [-0.3, -0.25) is 4.79 Å². The van der Waals surface area contributed by atoms with Crippen molar-refractivity contribution in [3.8, 4) is 6.07 Å². The van der Waals surface area contributed by atoms with Crippen LogP contribution in [0.3, 0.4) is 0 Å². The lowest BCUT2D eigenvalue weighted by Crippen LogP contribution is -2.14. The minimum atomic E-state index is -1.59. The monoisotopic (exact) mass is 315 g/mol. The average molecular weight is 315 g/mol. The predicted molar refractivity (Wildman–Crippen MR) is 67.2 cm³/mol. The van der Waals surface area contributed by atoms with E-state index < -0.39 is 64.2 Å². The van der Waals surface area contributed by atoms with Crippen LogP contribution in [0.15, 0.2) is 0 Å². The number of benzene rings is 1. The maximum atomic E-state index is 13.6. The van der Waals surface area contributed by atoms with Gasteiger partial charge in [0.15, 0.2) is 23.3 Å². The molecular formula is C15H13F4NO2. The number of carbonyl (C=O) groups is 1. The first-order valence-corrected chi connectivity index (χ1v) is 6.52. The first-order chi connectivity index (χ1) is 10.1. The van der Waals surface area contributed by atoms with Crippen molar-refractivity contribution in [2.24, 2.45) is 17.3 Å². The molecule has 0 bridgehead atoms. The highest BCUT2D eigenvalue weighted by molar-refractivity contribution is 5.78. The van der Waals surface area contributed by atoms with Crippen molar-refractivity contribution in [2.45, 2.75) is 27.4 Å². The smallest absolute Gasteiger partial charge is 0.311 e. The second kappa shape index (κ2) is 5.27. The summed E-state index contributed by atoms with van der Waals surface area (Å²) in [5, 5.41) is 8.86. The largest absolute Gasteiger partial charge is 0.460 e. The molecule has 0 saturated heterocycles. The maximum absolute atomic E-state index is 13.6. The van der Waals surface area contributed by atoms with Crippen molar-refractivity contribution in [3.63, 3.8) is 0 Å². The van der Waals surface area contributed by atoms with E-state index in [-0.39, 0.29) is 0 Å². The Balaban J connectivity index is 2.17. The first-order valence-electron chi connectivity index (χ1n) is 6.52. The topological polar surface area (TPSA) is 50.1 Å². The molecule has 0 aromatic heterocycles. The Labute approximate surface area is 124 Å². The van der Waals surface area contributed by atoms with Gasteiger partial charge in [0.2, 0.25) is 0 Å². The van der Waals surface area contributed by atoms with Crippen LogP contribution in [-0.4, -0.2) is 5.97 Å². The molecule has 0 unspecified atom stereocenters. The summed E-state index contributed by atoms with van der Waals surface area (Å²) >= 11 is 0. The molecule has 1 saturated carbocycles. The van der Waals surface area contributed by atoms with Crippen LogP contribution in [-0.2, 0) is 16.1 Å². The van der Waals surface area contributed by atoms with E-state index in [1.807, 2.05) is 6.07 Å².